The summed E-state index contributed by atoms with van der Waals surface area (Å²) in [6.07, 6.45) is 0. The van der Waals surface area contributed by atoms with Gasteiger partial charge >= 0.3 is 5.97 Å². The summed E-state index contributed by atoms with van der Waals surface area (Å²) in [5, 5.41) is 9.72. The van der Waals surface area contributed by atoms with Gasteiger partial charge in [-0.2, -0.15) is 0 Å². The SMILES string of the molecule is CC(C(=O)O)(c1ccc(F)cc1Cl)N1CCOCC1. The van der Waals surface area contributed by atoms with Gasteiger partial charge in [0.25, 0.3) is 0 Å². The Kier molecular flexibility index (Phi) is 4.08. The minimum absolute atomic E-state index is 0.122. The maximum atomic E-state index is 13.1. The Bertz CT molecular complexity index is 491. The quantitative estimate of drug-likeness (QED) is 0.925. The number of benzene rings is 1. The highest BCUT2D eigenvalue weighted by atomic mass is 35.5. The van der Waals surface area contributed by atoms with E-state index in [1.54, 1.807) is 11.8 Å². The van der Waals surface area contributed by atoms with Crippen molar-refractivity contribution in [3.63, 3.8) is 0 Å². The molecule has 0 spiro atoms. The molecule has 1 N–H and O–H groups in total. The molecule has 1 aliphatic rings. The number of carbonyl (C=O) groups is 1. The molecule has 104 valence electrons. The molecule has 1 aromatic carbocycles. The van der Waals surface area contributed by atoms with Gasteiger partial charge in [-0.25, -0.2) is 9.18 Å². The summed E-state index contributed by atoms with van der Waals surface area (Å²) < 4.78 is 18.3. The Balaban J connectivity index is 2.46. The molecule has 2 rings (SSSR count). The molecule has 1 heterocycles. The fourth-order valence-electron chi connectivity index (χ4n) is 2.32. The number of carboxylic acids is 1. The van der Waals surface area contributed by atoms with Crippen LogP contribution in [0.5, 0.6) is 0 Å². The van der Waals surface area contributed by atoms with Gasteiger partial charge in [-0.05, 0) is 19.1 Å². The van der Waals surface area contributed by atoms with Crippen molar-refractivity contribution < 1.29 is 19.0 Å². The monoisotopic (exact) mass is 287 g/mol. The molecule has 1 saturated heterocycles. The largest absolute Gasteiger partial charge is 0.480 e. The second-order valence-corrected chi connectivity index (χ2v) is 5.01. The smallest absolute Gasteiger partial charge is 0.328 e. The van der Waals surface area contributed by atoms with E-state index in [1.807, 2.05) is 0 Å². The van der Waals surface area contributed by atoms with E-state index in [0.29, 0.717) is 31.9 Å². The third kappa shape index (κ3) is 2.59. The minimum Gasteiger partial charge on any atom is -0.480 e. The lowest BCUT2D eigenvalue weighted by atomic mass is 9.89. The lowest BCUT2D eigenvalue weighted by Gasteiger charge is -2.40. The summed E-state index contributed by atoms with van der Waals surface area (Å²) in [5.74, 6) is -1.49. The second-order valence-electron chi connectivity index (χ2n) is 4.60. The molecule has 0 aliphatic carbocycles. The lowest BCUT2D eigenvalue weighted by Crippen LogP contribution is -2.54. The minimum atomic E-state index is -1.28. The van der Waals surface area contributed by atoms with Crippen molar-refractivity contribution in [1.82, 2.24) is 4.90 Å². The van der Waals surface area contributed by atoms with Crippen molar-refractivity contribution in [2.75, 3.05) is 26.3 Å². The fourth-order valence-corrected chi connectivity index (χ4v) is 2.67. The molecule has 1 aliphatic heterocycles. The number of hydrogen-bond acceptors (Lipinski definition) is 3. The van der Waals surface area contributed by atoms with Crippen LogP contribution < -0.4 is 0 Å². The molecule has 19 heavy (non-hydrogen) atoms. The zero-order valence-electron chi connectivity index (χ0n) is 10.5. The van der Waals surface area contributed by atoms with Crippen LogP contribution in [0.25, 0.3) is 0 Å². The molecule has 0 aromatic heterocycles. The number of nitrogens with zero attached hydrogens (tertiary/aromatic N) is 1. The van der Waals surface area contributed by atoms with Gasteiger partial charge in [0.2, 0.25) is 0 Å². The number of carboxylic acid groups (broad SMARTS) is 1. The Hall–Kier alpha value is -1.17. The molecular formula is C13H15ClFNO3. The first-order valence-corrected chi connectivity index (χ1v) is 6.36. The summed E-state index contributed by atoms with van der Waals surface area (Å²) in [6.45, 7) is 3.52. The summed E-state index contributed by atoms with van der Waals surface area (Å²) >= 11 is 6.02. The van der Waals surface area contributed by atoms with Crippen LogP contribution in [0.2, 0.25) is 5.02 Å². The normalized spacial score (nSPS) is 19.9. The first-order chi connectivity index (χ1) is 8.96. The highest BCUT2D eigenvalue weighted by Crippen LogP contribution is 2.34. The fraction of sp³-hybridized carbons (Fsp3) is 0.462. The van der Waals surface area contributed by atoms with Crippen molar-refractivity contribution >= 4 is 17.6 Å². The van der Waals surface area contributed by atoms with Gasteiger partial charge in [0.05, 0.1) is 13.2 Å². The van der Waals surface area contributed by atoms with E-state index in [9.17, 15) is 14.3 Å². The van der Waals surface area contributed by atoms with Crippen LogP contribution in [0.4, 0.5) is 4.39 Å². The van der Waals surface area contributed by atoms with Crippen LogP contribution in [0.3, 0.4) is 0 Å². The molecule has 4 nitrogen and oxygen atoms in total. The van der Waals surface area contributed by atoms with Gasteiger partial charge in [-0.3, -0.25) is 4.90 Å². The van der Waals surface area contributed by atoms with E-state index >= 15 is 0 Å². The Morgan fingerprint density at radius 2 is 2.11 bits per heavy atom. The maximum absolute atomic E-state index is 13.1. The van der Waals surface area contributed by atoms with Gasteiger partial charge in [-0.15, -0.1) is 0 Å². The molecule has 1 atom stereocenters. The van der Waals surface area contributed by atoms with Crippen molar-refractivity contribution in [2.45, 2.75) is 12.5 Å². The first kappa shape index (κ1) is 14.2. The zero-order valence-corrected chi connectivity index (χ0v) is 11.3. The maximum Gasteiger partial charge on any atom is 0.328 e. The zero-order chi connectivity index (χ0) is 14.0. The van der Waals surface area contributed by atoms with E-state index in [0.717, 1.165) is 6.07 Å². The Morgan fingerprint density at radius 1 is 1.47 bits per heavy atom. The van der Waals surface area contributed by atoms with E-state index in [2.05, 4.69) is 0 Å². The summed E-state index contributed by atoms with van der Waals surface area (Å²) in [4.78, 5) is 13.5. The number of rotatable bonds is 3. The topological polar surface area (TPSA) is 49.8 Å². The highest BCUT2D eigenvalue weighted by molar-refractivity contribution is 6.31. The van der Waals surface area contributed by atoms with Gasteiger partial charge in [0, 0.05) is 23.7 Å². The third-order valence-corrected chi connectivity index (χ3v) is 3.83. The van der Waals surface area contributed by atoms with Crippen LogP contribution >= 0.6 is 11.6 Å². The molecule has 0 bridgehead atoms. The molecule has 1 aromatic rings. The molecule has 0 saturated carbocycles. The molecule has 6 heteroatoms. The average Bonchev–Trinajstić information content (AvgIpc) is 2.38. The Labute approximate surface area is 115 Å². The number of morpholine rings is 1. The standard InChI is InChI=1S/C13H15ClFNO3/c1-13(12(17)18,16-4-6-19-7-5-16)10-3-2-9(15)8-11(10)14/h2-3,8H,4-7H2,1H3,(H,17,18). The predicted octanol–water partition coefficient (Wildman–Crippen LogP) is 2.11. The Morgan fingerprint density at radius 3 is 2.63 bits per heavy atom. The van der Waals surface area contributed by atoms with Gasteiger partial charge in [0.15, 0.2) is 0 Å². The molecule has 0 amide bonds. The molecule has 1 unspecified atom stereocenters. The van der Waals surface area contributed by atoms with E-state index in [1.165, 1.54) is 12.1 Å². The summed E-state index contributed by atoms with van der Waals surface area (Å²) in [7, 11) is 0. The highest BCUT2D eigenvalue weighted by Gasteiger charge is 2.43. The van der Waals surface area contributed by atoms with Crippen LogP contribution in [-0.4, -0.2) is 42.3 Å². The average molecular weight is 288 g/mol. The van der Waals surface area contributed by atoms with Crippen LogP contribution in [0.15, 0.2) is 18.2 Å². The van der Waals surface area contributed by atoms with Crippen molar-refractivity contribution in [1.29, 1.82) is 0 Å². The van der Waals surface area contributed by atoms with Crippen LogP contribution in [-0.2, 0) is 15.1 Å². The molecule has 0 radical (unpaired) electrons. The number of hydrogen-bond donors (Lipinski definition) is 1. The van der Waals surface area contributed by atoms with E-state index in [-0.39, 0.29) is 5.02 Å². The lowest BCUT2D eigenvalue weighted by molar-refractivity contribution is -0.154. The van der Waals surface area contributed by atoms with Gasteiger partial charge in [-0.1, -0.05) is 17.7 Å². The molecule has 1 fully saturated rings. The van der Waals surface area contributed by atoms with Crippen molar-refractivity contribution in [2.24, 2.45) is 0 Å². The van der Waals surface area contributed by atoms with E-state index < -0.39 is 17.3 Å². The summed E-state index contributed by atoms with van der Waals surface area (Å²) in [6, 6.07) is 3.79. The van der Waals surface area contributed by atoms with Crippen molar-refractivity contribution in [3.8, 4) is 0 Å². The summed E-state index contributed by atoms with van der Waals surface area (Å²) in [5.41, 5.74) is -0.890. The number of halogens is 2. The van der Waals surface area contributed by atoms with Gasteiger partial charge in [0.1, 0.15) is 11.4 Å². The van der Waals surface area contributed by atoms with Crippen LogP contribution in [0.1, 0.15) is 12.5 Å². The van der Waals surface area contributed by atoms with Crippen LogP contribution in [0, 0.1) is 5.82 Å². The molecular weight excluding hydrogens is 273 g/mol. The van der Waals surface area contributed by atoms with Gasteiger partial charge < -0.3 is 9.84 Å². The third-order valence-electron chi connectivity index (χ3n) is 3.52. The van der Waals surface area contributed by atoms with E-state index in [4.69, 9.17) is 16.3 Å². The second kappa shape index (κ2) is 5.45. The first-order valence-electron chi connectivity index (χ1n) is 5.98. The predicted molar refractivity (Wildman–Crippen MR) is 68.8 cm³/mol. The number of ether oxygens (including phenoxy) is 1. The van der Waals surface area contributed by atoms with Crippen molar-refractivity contribution in [3.05, 3.63) is 34.6 Å². The number of aliphatic carboxylic acids is 1.